The van der Waals surface area contributed by atoms with Crippen LogP contribution in [-0.4, -0.2) is 46.5 Å². The molecule has 182 valence electrons. The Morgan fingerprint density at radius 3 is 2.83 bits per heavy atom. The lowest BCUT2D eigenvalue weighted by Gasteiger charge is -2.18. The van der Waals surface area contributed by atoms with Crippen LogP contribution in [0.1, 0.15) is 28.0 Å². The highest BCUT2D eigenvalue weighted by molar-refractivity contribution is 7.17. The first-order valence-corrected chi connectivity index (χ1v) is 12.2. The number of nitrogens with zero attached hydrogens (tertiary/aromatic N) is 3. The van der Waals surface area contributed by atoms with Crippen molar-refractivity contribution in [3.8, 4) is 5.88 Å². The number of anilines is 1. The highest BCUT2D eigenvalue weighted by atomic mass is 35.5. The fraction of sp³-hybridized carbons (Fsp3) is 0.250. The first-order chi connectivity index (χ1) is 16.8. The zero-order chi connectivity index (χ0) is 24.6. The molecule has 11 heteroatoms. The zero-order valence-electron chi connectivity index (χ0n) is 18.4. The number of benzene rings is 2. The van der Waals surface area contributed by atoms with E-state index in [0.717, 1.165) is 49.6 Å². The molecule has 0 atom stereocenters. The third kappa shape index (κ3) is 5.00. The molecule has 1 fully saturated rings. The smallest absolute Gasteiger partial charge is 0.417 e. The summed E-state index contributed by atoms with van der Waals surface area (Å²) in [6.45, 7) is 3.18. The molecule has 0 bridgehead atoms. The van der Waals surface area contributed by atoms with E-state index in [1.165, 1.54) is 29.5 Å². The van der Waals surface area contributed by atoms with Crippen LogP contribution in [0.5, 0.6) is 5.88 Å². The number of alkyl halides is 3. The van der Waals surface area contributed by atoms with Gasteiger partial charge in [-0.15, -0.1) is 0 Å². The molecule has 1 aliphatic heterocycles. The summed E-state index contributed by atoms with van der Waals surface area (Å²) >= 11 is 7.14. The van der Waals surface area contributed by atoms with Crippen molar-refractivity contribution in [2.45, 2.75) is 12.6 Å². The highest BCUT2D eigenvalue weighted by Gasteiger charge is 2.33. The normalized spacial score (nSPS) is 15.5. The number of aromatic amines is 1. The van der Waals surface area contributed by atoms with E-state index in [4.69, 9.17) is 11.6 Å². The molecule has 2 aromatic heterocycles. The number of H-pyrrole nitrogens is 1. The molecule has 3 heterocycles. The third-order valence-corrected chi connectivity index (χ3v) is 7.20. The Labute approximate surface area is 208 Å². The van der Waals surface area contributed by atoms with Gasteiger partial charge in [-0.3, -0.25) is 5.10 Å². The number of hydrogen-bond donors (Lipinski definition) is 3. The number of nitrogens with one attached hydrogen (secondary N) is 2. The summed E-state index contributed by atoms with van der Waals surface area (Å²) < 4.78 is 41.5. The lowest BCUT2D eigenvalue weighted by Crippen LogP contribution is -2.27. The molecule has 6 nitrogen and oxygen atoms in total. The summed E-state index contributed by atoms with van der Waals surface area (Å²) in [5, 5.41) is 22.5. The Morgan fingerprint density at radius 1 is 1.14 bits per heavy atom. The number of aromatic nitrogens is 3. The molecular formula is C24H21ClF3N5OS. The Kier molecular flexibility index (Phi) is 6.43. The third-order valence-electron chi connectivity index (χ3n) is 5.83. The number of halogens is 4. The molecule has 35 heavy (non-hydrogen) atoms. The maximum atomic E-state index is 13.8. The minimum atomic E-state index is -4.60. The number of aromatic hydroxyl groups is 1. The minimum absolute atomic E-state index is 0.00598. The van der Waals surface area contributed by atoms with E-state index in [1.807, 2.05) is 6.07 Å². The van der Waals surface area contributed by atoms with E-state index in [1.54, 1.807) is 18.3 Å². The average Bonchev–Trinajstić information content (AvgIpc) is 3.34. The monoisotopic (exact) mass is 519 g/mol. The van der Waals surface area contributed by atoms with Gasteiger partial charge in [-0.2, -0.15) is 23.3 Å². The number of hydrogen-bond acceptors (Lipinski definition) is 6. The minimum Gasteiger partial charge on any atom is -0.492 e. The second kappa shape index (κ2) is 9.52. The van der Waals surface area contributed by atoms with Crippen molar-refractivity contribution in [3.05, 3.63) is 69.2 Å². The second-order valence-electron chi connectivity index (χ2n) is 8.20. The van der Waals surface area contributed by atoms with Crippen LogP contribution in [0.2, 0.25) is 5.02 Å². The quantitative estimate of drug-likeness (QED) is 0.298. The molecule has 4 aromatic rings. The van der Waals surface area contributed by atoms with Crippen LogP contribution in [0.4, 0.5) is 18.3 Å². The van der Waals surface area contributed by atoms with Crippen LogP contribution in [0.25, 0.3) is 22.6 Å². The van der Waals surface area contributed by atoms with Gasteiger partial charge < -0.3 is 15.3 Å². The molecule has 0 unspecified atom stereocenters. The van der Waals surface area contributed by atoms with Gasteiger partial charge in [-0.25, -0.2) is 0 Å². The molecular weight excluding hydrogens is 499 g/mol. The lowest BCUT2D eigenvalue weighted by atomic mass is 9.98. The van der Waals surface area contributed by atoms with E-state index < -0.39 is 11.7 Å². The fourth-order valence-electron chi connectivity index (χ4n) is 4.09. The summed E-state index contributed by atoms with van der Waals surface area (Å²) in [5.74, 6) is -0.219. The van der Waals surface area contributed by atoms with Crippen LogP contribution in [0, 0.1) is 0 Å². The molecule has 1 aliphatic rings. The topological polar surface area (TPSA) is 77.1 Å². The van der Waals surface area contributed by atoms with E-state index in [9.17, 15) is 18.3 Å². The van der Waals surface area contributed by atoms with Crippen LogP contribution < -0.4 is 10.2 Å². The predicted octanol–water partition coefficient (Wildman–Crippen LogP) is 5.79. The van der Waals surface area contributed by atoms with Crippen molar-refractivity contribution in [2.24, 2.45) is 0 Å². The molecule has 1 saturated heterocycles. The molecule has 3 N–H and O–H groups in total. The van der Waals surface area contributed by atoms with Gasteiger partial charge in [0.25, 0.3) is 0 Å². The number of fused-ring (bicyclic) bond motifs is 1. The summed E-state index contributed by atoms with van der Waals surface area (Å²) in [5.41, 5.74) is 0.939. The number of thiazole rings is 1. The second-order valence-corrected chi connectivity index (χ2v) is 9.61. The van der Waals surface area contributed by atoms with E-state index >= 15 is 0 Å². The van der Waals surface area contributed by atoms with Crippen LogP contribution >= 0.6 is 22.9 Å². The lowest BCUT2D eigenvalue weighted by molar-refractivity contribution is -0.137. The molecule has 0 amide bonds. The van der Waals surface area contributed by atoms with Crippen molar-refractivity contribution < 1.29 is 18.3 Å². The molecule has 0 aliphatic carbocycles. The maximum absolute atomic E-state index is 13.8. The van der Waals surface area contributed by atoms with Gasteiger partial charge in [0.2, 0.25) is 5.88 Å². The Bertz CT molecular complexity index is 1390. The molecule has 0 saturated carbocycles. The van der Waals surface area contributed by atoms with Gasteiger partial charge in [0.1, 0.15) is 4.88 Å². The van der Waals surface area contributed by atoms with Crippen molar-refractivity contribution >= 4 is 50.6 Å². The Balaban J connectivity index is 1.67. The molecule has 5 rings (SSSR count). The van der Waals surface area contributed by atoms with Gasteiger partial charge in [0, 0.05) is 35.6 Å². The van der Waals surface area contributed by atoms with Gasteiger partial charge in [-0.05, 0) is 54.4 Å². The summed E-state index contributed by atoms with van der Waals surface area (Å²) in [6.07, 6.45) is -0.602. The van der Waals surface area contributed by atoms with Crippen molar-refractivity contribution in [1.82, 2.24) is 20.5 Å². The summed E-state index contributed by atoms with van der Waals surface area (Å²) in [6, 6.07) is 9.07. The Hall–Kier alpha value is -3.08. The summed E-state index contributed by atoms with van der Waals surface area (Å²) in [7, 11) is 0. The first-order valence-electron chi connectivity index (χ1n) is 11.0. The highest BCUT2D eigenvalue weighted by Crippen LogP contribution is 2.42. The predicted molar refractivity (Wildman–Crippen MR) is 133 cm³/mol. The van der Waals surface area contributed by atoms with Gasteiger partial charge in [-0.1, -0.05) is 35.1 Å². The standard InChI is InChI=1S/C24H21ClF3N5OS/c25-17-4-2-15(19(12-17)24(26,27)28)11-18(14-3-5-20-16(10-14)13-30-32-20)21-22(34)31-23(35-21)33-8-1-6-29-7-9-33/h2-5,10-13,29,34H,1,6-9H2,(H,30,32). The number of rotatable bonds is 4. The van der Waals surface area contributed by atoms with Crippen molar-refractivity contribution in [3.63, 3.8) is 0 Å². The first kappa shape index (κ1) is 23.7. The van der Waals surface area contributed by atoms with Gasteiger partial charge >= 0.3 is 6.18 Å². The van der Waals surface area contributed by atoms with Crippen molar-refractivity contribution in [1.29, 1.82) is 0 Å². The van der Waals surface area contributed by atoms with Crippen LogP contribution in [-0.2, 0) is 6.18 Å². The van der Waals surface area contributed by atoms with E-state index in [0.29, 0.717) is 21.1 Å². The molecule has 0 radical (unpaired) electrons. The van der Waals surface area contributed by atoms with Crippen molar-refractivity contribution in [2.75, 3.05) is 31.1 Å². The molecule has 0 spiro atoms. The van der Waals surface area contributed by atoms with Crippen LogP contribution in [0.3, 0.4) is 0 Å². The maximum Gasteiger partial charge on any atom is 0.417 e. The van der Waals surface area contributed by atoms with Gasteiger partial charge in [0.15, 0.2) is 5.13 Å². The summed E-state index contributed by atoms with van der Waals surface area (Å²) in [4.78, 5) is 6.84. The fourth-order valence-corrected chi connectivity index (χ4v) is 5.32. The average molecular weight is 520 g/mol. The zero-order valence-corrected chi connectivity index (χ0v) is 19.9. The van der Waals surface area contributed by atoms with Gasteiger partial charge in [0.05, 0.1) is 17.3 Å². The van der Waals surface area contributed by atoms with E-state index in [-0.39, 0.29) is 16.5 Å². The largest absolute Gasteiger partial charge is 0.492 e. The van der Waals surface area contributed by atoms with Crippen LogP contribution in [0.15, 0.2) is 42.6 Å². The molecule has 2 aromatic carbocycles. The Morgan fingerprint density at radius 2 is 2.00 bits per heavy atom. The SMILES string of the molecule is Oc1nc(N2CCCNCC2)sc1C(=Cc1ccc(Cl)cc1C(F)(F)F)c1ccc2[nH]ncc2c1. The van der Waals surface area contributed by atoms with E-state index in [2.05, 4.69) is 25.4 Å².